The number of piperazine rings is 1. The van der Waals surface area contributed by atoms with Gasteiger partial charge in [-0.2, -0.15) is 0 Å². The Kier molecular flexibility index (Phi) is 6.68. The van der Waals surface area contributed by atoms with Gasteiger partial charge in [0.05, 0.1) is 0 Å². The number of hydrogen-bond donors (Lipinski definition) is 1. The van der Waals surface area contributed by atoms with Crippen molar-refractivity contribution in [2.75, 3.05) is 31.1 Å². The van der Waals surface area contributed by atoms with Crippen molar-refractivity contribution < 1.29 is 4.79 Å². The molecular weight excluding hydrogens is 312 g/mol. The summed E-state index contributed by atoms with van der Waals surface area (Å²) >= 11 is 0. The summed E-state index contributed by atoms with van der Waals surface area (Å²) in [6.07, 6.45) is 11.4. The highest BCUT2D eigenvalue weighted by molar-refractivity contribution is 5.73. The van der Waals surface area contributed by atoms with Crippen molar-refractivity contribution in [3.8, 4) is 0 Å². The topological polar surface area (TPSA) is 48.5 Å². The Labute approximate surface area is 151 Å². The molecule has 1 aromatic heterocycles. The van der Waals surface area contributed by atoms with Crippen molar-refractivity contribution in [3.63, 3.8) is 0 Å². The van der Waals surface area contributed by atoms with Crippen LogP contribution in [0.4, 0.5) is 5.82 Å². The molecule has 1 saturated carbocycles. The van der Waals surface area contributed by atoms with Gasteiger partial charge in [-0.05, 0) is 18.9 Å². The summed E-state index contributed by atoms with van der Waals surface area (Å²) in [5.74, 6) is 1.26. The lowest BCUT2D eigenvalue weighted by Crippen LogP contribution is -2.48. The molecule has 5 nitrogen and oxygen atoms in total. The number of nitrogens with one attached hydrogen (secondary N) is 1. The van der Waals surface area contributed by atoms with Gasteiger partial charge in [-0.1, -0.05) is 38.2 Å². The van der Waals surface area contributed by atoms with Crippen LogP contribution >= 0.6 is 0 Å². The largest absolute Gasteiger partial charge is 0.353 e. The maximum atomic E-state index is 11.5. The molecule has 25 heavy (non-hydrogen) atoms. The molecule has 0 spiro atoms. The minimum absolute atomic E-state index is 0.173. The fraction of sp³-hybridized carbons (Fsp3) is 0.700. The fourth-order valence-corrected chi connectivity index (χ4v) is 4.00. The quantitative estimate of drug-likeness (QED) is 0.912. The van der Waals surface area contributed by atoms with Crippen LogP contribution in [0.1, 0.15) is 57.4 Å². The van der Waals surface area contributed by atoms with E-state index in [9.17, 15) is 4.79 Å². The van der Waals surface area contributed by atoms with E-state index >= 15 is 0 Å². The molecule has 1 aliphatic carbocycles. The van der Waals surface area contributed by atoms with Crippen LogP contribution in [-0.4, -0.2) is 48.0 Å². The van der Waals surface area contributed by atoms with Crippen molar-refractivity contribution in [3.05, 3.63) is 23.9 Å². The molecule has 0 aromatic carbocycles. The van der Waals surface area contributed by atoms with Crippen LogP contribution < -0.4 is 10.2 Å². The minimum Gasteiger partial charge on any atom is -0.353 e. The second-order valence-corrected chi connectivity index (χ2v) is 7.40. The van der Waals surface area contributed by atoms with Gasteiger partial charge >= 0.3 is 0 Å². The Morgan fingerprint density at radius 2 is 1.80 bits per heavy atom. The zero-order chi connectivity index (χ0) is 17.5. The molecule has 2 heterocycles. The van der Waals surface area contributed by atoms with Gasteiger partial charge in [-0.25, -0.2) is 4.98 Å². The van der Waals surface area contributed by atoms with Crippen molar-refractivity contribution in [1.82, 2.24) is 15.2 Å². The Morgan fingerprint density at radius 1 is 1.12 bits per heavy atom. The van der Waals surface area contributed by atoms with E-state index in [0.717, 1.165) is 38.5 Å². The minimum atomic E-state index is 0.173. The number of hydrogen-bond acceptors (Lipinski definition) is 4. The maximum Gasteiger partial charge on any atom is 0.219 e. The van der Waals surface area contributed by atoms with E-state index in [4.69, 9.17) is 0 Å². The van der Waals surface area contributed by atoms with E-state index in [1.165, 1.54) is 50.5 Å². The number of carbonyl (C=O) groups is 1. The SMILES string of the molecule is CC(=O)N1CCN(c2ncccc2CNC2CCCCCCC2)CC1. The summed E-state index contributed by atoms with van der Waals surface area (Å²) in [6.45, 7) is 5.87. The molecule has 0 unspecified atom stereocenters. The predicted molar refractivity (Wildman–Crippen MR) is 102 cm³/mol. The molecular formula is C20H32N4O. The summed E-state index contributed by atoms with van der Waals surface area (Å²) in [5.41, 5.74) is 1.28. The average Bonchev–Trinajstić information content (AvgIpc) is 2.61. The van der Waals surface area contributed by atoms with Crippen molar-refractivity contribution in [1.29, 1.82) is 0 Å². The van der Waals surface area contributed by atoms with Crippen LogP contribution in [0.2, 0.25) is 0 Å². The second-order valence-electron chi connectivity index (χ2n) is 7.40. The Balaban J connectivity index is 1.58. The maximum absolute atomic E-state index is 11.5. The molecule has 5 heteroatoms. The first kappa shape index (κ1) is 18.2. The molecule has 138 valence electrons. The van der Waals surface area contributed by atoms with Crippen LogP contribution in [0, 0.1) is 0 Å². The highest BCUT2D eigenvalue weighted by Gasteiger charge is 2.21. The molecule has 0 atom stereocenters. The number of nitrogens with zero attached hydrogens (tertiary/aromatic N) is 3. The van der Waals surface area contributed by atoms with E-state index < -0.39 is 0 Å². The summed E-state index contributed by atoms with van der Waals surface area (Å²) < 4.78 is 0. The molecule has 2 fully saturated rings. The van der Waals surface area contributed by atoms with Gasteiger partial charge < -0.3 is 15.1 Å². The molecule has 1 N–H and O–H groups in total. The average molecular weight is 345 g/mol. The lowest BCUT2D eigenvalue weighted by molar-refractivity contribution is -0.129. The van der Waals surface area contributed by atoms with Gasteiger partial charge in [-0.3, -0.25) is 4.79 Å². The molecule has 1 amide bonds. The van der Waals surface area contributed by atoms with E-state index in [1.807, 2.05) is 17.2 Å². The number of anilines is 1. The van der Waals surface area contributed by atoms with Gasteiger partial charge in [0.2, 0.25) is 5.91 Å². The van der Waals surface area contributed by atoms with Crippen molar-refractivity contribution >= 4 is 11.7 Å². The number of pyridine rings is 1. The summed E-state index contributed by atoms with van der Waals surface area (Å²) in [6, 6.07) is 4.86. The first-order chi connectivity index (χ1) is 12.2. The van der Waals surface area contributed by atoms with Crippen molar-refractivity contribution in [2.24, 2.45) is 0 Å². The fourth-order valence-electron chi connectivity index (χ4n) is 4.00. The second kappa shape index (κ2) is 9.18. The van der Waals surface area contributed by atoms with E-state index in [1.54, 1.807) is 6.92 Å². The Bertz CT molecular complexity index is 546. The summed E-state index contributed by atoms with van der Waals surface area (Å²) in [5, 5.41) is 3.78. The third-order valence-corrected chi connectivity index (χ3v) is 5.58. The van der Waals surface area contributed by atoms with Gasteiger partial charge in [-0.15, -0.1) is 0 Å². The van der Waals surface area contributed by atoms with Crippen LogP contribution in [0.3, 0.4) is 0 Å². The Morgan fingerprint density at radius 3 is 2.48 bits per heavy atom. The van der Waals surface area contributed by atoms with Gasteiger partial charge in [0.1, 0.15) is 5.82 Å². The number of carbonyl (C=O) groups excluding carboxylic acids is 1. The summed E-state index contributed by atoms with van der Waals surface area (Å²) in [7, 11) is 0. The lowest BCUT2D eigenvalue weighted by Gasteiger charge is -2.36. The standard InChI is InChI=1S/C20H32N4O/c1-17(25)23-12-14-24(15-13-23)20-18(8-7-11-21-20)16-22-19-9-5-3-2-4-6-10-19/h7-8,11,19,22H,2-6,9-10,12-16H2,1H3. The van der Waals surface area contributed by atoms with E-state index in [-0.39, 0.29) is 5.91 Å². The number of rotatable bonds is 4. The highest BCUT2D eigenvalue weighted by atomic mass is 16.2. The summed E-state index contributed by atoms with van der Waals surface area (Å²) in [4.78, 5) is 20.4. The molecule has 1 aromatic rings. The smallest absolute Gasteiger partial charge is 0.219 e. The van der Waals surface area contributed by atoms with Gasteiger partial charge in [0, 0.05) is 57.4 Å². The molecule has 1 aliphatic heterocycles. The molecule has 3 rings (SSSR count). The third-order valence-electron chi connectivity index (χ3n) is 5.58. The number of aromatic nitrogens is 1. The predicted octanol–water partition coefficient (Wildman–Crippen LogP) is 2.95. The van der Waals surface area contributed by atoms with E-state index in [2.05, 4.69) is 21.3 Å². The number of amides is 1. The van der Waals surface area contributed by atoms with Crippen molar-refractivity contribution in [2.45, 2.75) is 64.5 Å². The third kappa shape index (κ3) is 5.18. The monoisotopic (exact) mass is 344 g/mol. The van der Waals surface area contributed by atoms with Gasteiger partial charge in [0.15, 0.2) is 0 Å². The molecule has 2 aliphatic rings. The normalized spacial score (nSPS) is 20.2. The molecule has 0 radical (unpaired) electrons. The van der Waals surface area contributed by atoms with Crippen LogP contribution in [0.5, 0.6) is 0 Å². The zero-order valence-electron chi connectivity index (χ0n) is 15.5. The Hall–Kier alpha value is -1.62. The zero-order valence-corrected chi connectivity index (χ0v) is 15.5. The van der Waals surface area contributed by atoms with Crippen LogP contribution in [0.15, 0.2) is 18.3 Å². The molecule has 0 bridgehead atoms. The first-order valence-corrected chi connectivity index (χ1v) is 9.92. The van der Waals surface area contributed by atoms with Crippen LogP contribution in [0.25, 0.3) is 0 Å². The van der Waals surface area contributed by atoms with E-state index in [0.29, 0.717) is 6.04 Å². The lowest BCUT2D eigenvalue weighted by atomic mass is 9.96. The molecule has 1 saturated heterocycles. The van der Waals surface area contributed by atoms with Gasteiger partial charge in [0.25, 0.3) is 0 Å². The highest BCUT2D eigenvalue weighted by Crippen LogP contribution is 2.21. The van der Waals surface area contributed by atoms with Crippen LogP contribution in [-0.2, 0) is 11.3 Å². The first-order valence-electron chi connectivity index (χ1n) is 9.92.